The van der Waals surface area contributed by atoms with Crippen LogP contribution in [-0.4, -0.2) is 24.5 Å². The molecule has 6 nitrogen and oxygen atoms in total. The van der Waals surface area contributed by atoms with Crippen LogP contribution in [-0.2, 0) is 14.3 Å². The van der Waals surface area contributed by atoms with E-state index in [1.807, 2.05) is 30.3 Å². The van der Waals surface area contributed by atoms with Gasteiger partial charge in [0, 0.05) is 6.08 Å². The summed E-state index contributed by atoms with van der Waals surface area (Å²) in [6.07, 6.45) is 2.74. The summed E-state index contributed by atoms with van der Waals surface area (Å²) in [5.74, 6) is -1.46. The number of hydrogen-bond acceptors (Lipinski definition) is 4. The van der Waals surface area contributed by atoms with Crippen molar-refractivity contribution in [3.05, 3.63) is 42.0 Å². The van der Waals surface area contributed by atoms with Crippen LogP contribution in [0.25, 0.3) is 6.08 Å². The summed E-state index contributed by atoms with van der Waals surface area (Å²) in [5.41, 5.74) is 5.54. The van der Waals surface area contributed by atoms with Crippen LogP contribution >= 0.6 is 0 Å². The Bertz CT molecular complexity index is 468. The topological polar surface area (TPSA) is 98.5 Å². The number of carbonyl (C=O) groups is 3. The first-order valence-corrected chi connectivity index (χ1v) is 5.07. The highest BCUT2D eigenvalue weighted by Gasteiger charge is 2.06. The Morgan fingerprint density at radius 2 is 1.89 bits per heavy atom. The van der Waals surface area contributed by atoms with Crippen molar-refractivity contribution in [2.75, 3.05) is 6.61 Å². The number of imide groups is 1. The Kier molecular flexibility index (Phi) is 5.11. The number of nitrogens with one attached hydrogen (secondary N) is 1. The molecule has 0 radical (unpaired) electrons. The van der Waals surface area contributed by atoms with E-state index in [0.29, 0.717) is 0 Å². The first-order valence-electron chi connectivity index (χ1n) is 5.07. The summed E-state index contributed by atoms with van der Waals surface area (Å²) in [6, 6.07) is 8.13. The van der Waals surface area contributed by atoms with E-state index in [4.69, 9.17) is 5.73 Å². The van der Waals surface area contributed by atoms with Gasteiger partial charge in [0.2, 0.25) is 0 Å². The van der Waals surface area contributed by atoms with Gasteiger partial charge >= 0.3 is 12.0 Å². The molecule has 3 N–H and O–H groups in total. The predicted molar refractivity (Wildman–Crippen MR) is 64.2 cm³/mol. The minimum Gasteiger partial charge on any atom is -0.452 e. The van der Waals surface area contributed by atoms with E-state index in [-0.39, 0.29) is 0 Å². The Labute approximate surface area is 103 Å². The molecule has 3 amide bonds. The van der Waals surface area contributed by atoms with Gasteiger partial charge in [-0.2, -0.15) is 0 Å². The lowest BCUT2D eigenvalue weighted by Crippen LogP contribution is -2.37. The highest BCUT2D eigenvalue weighted by Crippen LogP contribution is 2.00. The van der Waals surface area contributed by atoms with Gasteiger partial charge < -0.3 is 10.5 Å². The minimum absolute atomic E-state index is 0.555. The zero-order valence-corrected chi connectivity index (χ0v) is 9.46. The summed E-state index contributed by atoms with van der Waals surface area (Å²) in [7, 11) is 0. The summed E-state index contributed by atoms with van der Waals surface area (Å²) >= 11 is 0. The highest BCUT2D eigenvalue weighted by molar-refractivity contribution is 5.95. The number of primary amides is 1. The first-order chi connectivity index (χ1) is 8.58. The van der Waals surface area contributed by atoms with Crippen LogP contribution in [0.3, 0.4) is 0 Å². The van der Waals surface area contributed by atoms with Crippen molar-refractivity contribution in [3.8, 4) is 0 Å². The summed E-state index contributed by atoms with van der Waals surface area (Å²) < 4.78 is 4.58. The maximum Gasteiger partial charge on any atom is 0.331 e. The van der Waals surface area contributed by atoms with E-state index in [1.165, 1.54) is 6.08 Å². The molecule has 18 heavy (non-hydrogen) atoms. The van der Waals surface area contributed by atoms with Crippen molar-refractivity contribution in [1.29, 1.82) is 0 Å². The van der Waals surface area contributed by atoms with E-state index >= 15 is 0 Å². The number of amides is 3. The number of benzene rings is 1. The van der Waals surface area contributed by atoms with Gasteiger partial charge in [0.05, 0.1) is 0 Å². The molecule has 0 unspecified atom stereocenters. The van der Waals surface area contributed by atoms with E-state index in [2.05, 4.69) is 4.74 Å². The first kappa shape index (κ1) is 13.4. The lowest BCUT2D eigenvalue weighted by Gasteiger charge is -2.00. The Morgan fingerprint density at radius 1 is 1.22 bits per heavy atom. The maximum absolute atomic E-state index is 11.2. The molecule has 0 aliphatic rings. The molecule has 0 fully saturated rings. The molecule has 1 aromatic carbocycles. The van der Waals surface area contributed by atoms with Gasteiger partial charge in [-0.1, -0.05) is 30.3 Å². The largest absolute Gasteiger partial charge is 0.452 e. The van der Waals surface area contributed by atoms with Gasteiger partial charge in [0.25, 0.3) is 5.91 Å². The smallest absolute Gasteiger partial charge is 0.331 e. The number of esters is 1. The van der Waals surface area contributed by atoms with Crippen LogP contribution in [0.4, 0.5) is 4.79 Å². The molecule has 0 spiro atoms. The van der Waals surface area contributed by atoms with E-state index in [0.717, 1.165) is 5.56 Å². The van der Waals surface area contributed by atoms with Crippen LogP contribution in [0.5, 0.6) is 0 Å². The van der Waals surface area contributed by atoms with Gasteiger partial charge in [-0.3, -0.25) is 10.1 Å². The van der Waals surface area contributed by atoms with E-state index in [1.54, 1.807) is 11.4 Å². The average molecular weight is 248 g/mol. The maximum atomic E-state index is 11.2. The molecule has 0 aliphatic carbocycles. The van der Waals surface area contributed by atoms with Crippen molar-refractivity contribution in [2.24, 2.45) is 5.73 Å². The van der Waals surface area contributed by atoms with Gasteiger partial charge in [-0.15, -0.1) is 0 Å². The normalized spacial score (nSPS) is 10.0. The average Bonchev–Trinajstić information content (AvgIpc) is 2.34. The van der Waals surface area contributed by atoms with E-state index in [9.17, 15) is 14.4 Å². The molecule has 0 bridgehead atoms. The summed E-state index contributed by atoms with van der Waals surface area (Å²) in [6.45, 7) is -0.555. The third-order valence-electron chi connectivity index (χ3n) is 1.82. The fourth-order valence-corrected chi connectivity index (χ4v) is 1.09. The zero-order valence-electron chi connectivity index (χ0n) is 9.46. The summed E-state index contributed by atoms with van der Waals surface area (Å²) in [4.78, 5) is 32.4. The molecular formula is C12H12N2O4. The molecule has 0 saturated carbocycles. The quantitative estimate of drug-likeness (QED) is 0.596. The number of hydrogen-bond donors (Lipinski definition) is 2. The third-order valence-corrected chi connectivity index (χ3v) is 1.82. The lowest BCUT2D eigenvalue weighted by molar-refractivity contribution is -0.143. The van der Waals surface area contributed by atoms with Gasteiger partial charge in [-0.25, -0.2) is 9.59 Å². The second kappa shape index (κ2) is 6.85. The van der Waals surface area contributed by atoms with Crippen molar-refractivity contribution in [3.63, 3.8) is 0 Å². The summed E-state index contributed by atoms with van der Waals surface area (Å²) in [5, 5.41) is 1.77. The second-order valence-corrected chi connectivity index (χ2v) is 3.26. The Hall–Kier alpha value is -2.63. The number of urea groups is 1. The van der Waals surface area contributed by atoms with Crippen LogP contribution in [0, 0.1) is 0 Å². The van der Waals surface area contributed by atoms with Crippen molar-refractivity contribution < 1.29 is 19.1 Å². The molecule has 1 aromatic rings. The molecule has 0 aromatic heterocycles. The molecule has 0 aliphatic heterocycles. The van der Waals surface area contributed by atoms with Crippen LogP contribution in [0.15, 0.2) is 36.4 Å². The van der Waals surface area contributed by atoms with Gasteiger partial charge in [0.1, 0.15) is 0 Å². The lowest BCUT2D eigenvalue weighted by atomic mass is 10.2. The molecule has 0 heterocycles. The van der Waals surface area contributed by atoms with Crippen molar-refractivity contribution in [2.45, 2.75) is 0 Å². The SMILES string of the molecule is NC(=O)NC(=O)COC(=O)/C=C/c1ccccc1. The van der Waals surface area contributed by atoms with Crippen LogP contribution in [0.2, 0.25) is 0 Å². The zero-order chi connectivity index (χ0) is 13.4. The van der Waals surface area contributed by atoms with E-state index < -0.39 is 24.5 Å². The van der Waals surface area contributed by atoms with Crippen LogP contribution in [0.1, 0.15) is 5.56 Å². The molecule has 6 heteroatoms. The Morgan fingerprint density at radius 3 is 2.50 bits per heavy atom. The number of nitrogens with two attached hydrogens (primary N) is 1. The van der Waals surface area contributed by atoms with Crippen LogP contribution < -0.4 is 11.1 Å². The minimum atomic E-state index is -0.990. The fraction of sp³-hybridized carbons (Fsp3) is 0.0833. The third kappa shape index (κ3) is 5.45. The standard InChI is InChI=1S/C12H12N2O4/c13-12(17)14-10(15)8-18-11(16)7-6-9-4-2-1-3-5-9/h1-7H,8H2,(H3,13,14,15,17)/b7-6+. The molecule has 0 saturated heterocycles. The Balaban J connectivity index is 2.36. The fourth-order valence-electron chi connectivity index (χ4n) is 1.09. The number of carbonyl (C=O) groups excluding carboxylic acids is 3. The number of rotatable bonds is 4. The number of ether oxygens (including phenoxy) is 1. The van der Waals surface area contributed by atoms with Crippen molar-refractivity contribution >= 4 is 24.0 Å². The van der Waals surface area contributed by atoms with Gasteiger partial charge in [-0.05, 0) is 11.6 Å². The molecule has 0 atom stereocenters. The predicted octanol–water partition coefficient (Wildman–Crippen LogP) is 0.438. The molecular weight excluding hydrogens is 236 g/mol. The second-order valence-electron chi connectivity index (χ2n) is 3.26. The van der Waals surface area contributed by atoms with Crippen molar-refractivity contribution in [1.82, 2.24) is 5.32 Å². The monoisotopic (exact) mass is 248 g/mol. The highest BCUT2D eigenvalue weighted by atomic mass is 16.5. The molecule has 94 valence electrons. The van der Waals surface area contributed by atoms with Gasteiger partial charge in [0.15, 0.2) is 6.61 Å². The molecule has 1 rings (SSSR count).